The van der Waals surface area contributed by atoms with Gasteiger partial charge in [0.15, 0.2) is 0 Å². The van der Waals surface area contributed by atoms with Crippen molar-refractivity contribution in [3.63, 3.8) is 0 Å². The smallest absolute Gasteiger partial charge is 0.0318 e. The zero-order valence-electron chi connectivity index (χ0n) is 16.5. The highest BCUT2D eigenvalue weighted by molar-refractivity contribution is 5.08. The van der Waals surface area contributed by atoms with E-state index in [-0.39, 0.29) is 0 Å². The van der Waals surface area contributed by atoms with Gasteiger partial charge in [-0.1, -0.05) is 62.3 Å². The van der Waals surface area contributed by atoms with E-state index < -0.39 is 0 Å². The average molecular weight is 305 g/mol. The molecule has 0 heterocycles. The topological polar surface area (TPSA) is 0 Å². The van der Waals surface area contributed by atoms with Crippen LogP contribution in [-0.2, 0) is 0 Å². The molecule has 0 amide bonds. The molecule has 0 bridgehead atoms. The third kappa shape index (κ3) is 2.01. The molecule has 22 heavy (non-hydrogen) atoms. The van der Waals surface area contributed by atoms with Gasteiger partial charge in [0, 0.05) is 0 Å². The fourth-order valence-corrected chi connectivity index (χ4v) is 7.85. The summed E-state index contributed by atoms with van der Waals surface area (Å²) >= 11 is 0. The van der Waals surface area contributed by atoms with E-state index in [1.54, 1.807) is 0 Å². The lowest BCUT2D eigenvalue weighted by Gasteiger charge is -2.51. The van der Waals surface area contributed by atoms with Crippen molar-refractivity contribution >= 4 is 0 Å². The van der Waals surface area contributed by atoms with Gasteiger partial charge in [-0.05, 0) is 76.9 Å². The molecule has 3 aliphatic rings. The van der Waals surface area contributed by atoms with Gasteiger partial charge in [-0.3, -0.25) is 0 Å². The zero-order valence-corrected chi connectivity index (χ0v) is 16.5. The Morgan fingerprint density at radius 2 is 0.455 bits per heavy atom. The molecule has 0 radical (unpaired) electrons. The van der Waals surface area contributed by atoms with E-state index in [4.69, 9.17) is 0 Å². The van der Waals surface area contributed by atoms with Crippen molar-refractivity contribution in [2.45, 2.75) is 62.3 Å². The van der Waals surface area contributed by atoms with E-state index in [0.29, 0.717) is 0 Å². The molecule has 0 heteroatoms. The van der Waals surface area contributed by atoms with Gasteiger partial charge >= 0.3 is 0 Å². The maximum absolute atomic E-state index is 2.63. The van der Waals surface area contributed by atoms with Gasteiger partial charge in [0.2, 0.25) is 0 Å². The summed E-state index contributed by atoms with van der Waals surface area (Å²) in [6.07, 6.45) is 0. The number of hydrogen-bond acceptors (Lipinski definition) is 0. The van der Waals surface area contributed by atoms with Crippen LogP contribution in [0.5, 0.6) is 0 Å². The van der Waals surface area contributed by atoms with Crippen LogP contribution >= 0.6 is 0 Å². The quantitative estimate of drug-likeness (QED) is 0.498. The Morgan fingerprint density at radius 1 is 0.227 bits per heavy atom. The summed E-state index contributed by atoms with van der Waals surface area (Å²) in [6.45, 7) is 23.2. The molecule has 3 saturated carbocycles. The highest BCUT2D eigenvalue weighted by Crippen LogP contribution is 2.66. The summed E-state index contributed by atoms with van der Waals surface area (Å²) < 4.78 is 0. The van der Waals surface area contributed by atoms with Crippen molar-refractivity contribution in [3.05, 3.63) is 0 Å². The van der Waals surface area contributed by atoms with Crippen LogP contribution in [0.25, 0.3) is 0 Å². The van der Waals surface area contributed by atoms with Gasteiger partial charge in [0.05, 0.1) is 0 Å². The van der Waals surface area contributed by atoms with Gasteiger partial charge < -0.3 is 0 Å². The second-order valence-corrected chi connectivity index (χ2v) is 10.0. The van der Waals surface area contributed by atoms with Gasteiger partial charge in [-0.2, -0.15) is 0 Å². The van der Waals surface area contributed by atoms with Gasteiger partial charge in [0.1, 0.15) is 0 Å². The zero-order chi connectivity index (χ0) is 16.5. The maximum atomic E-state index is 2.63. The van der Waals surface area contributed by atoms with Crippen molar-refractivity contribution in [1.82, 2.24) is 0 Å². The molecule has 0 saturated heterocycles. The van der Waals surface area contributed by atoms with Gasteiger partial charge in [0.25, 0.3) is 0 Å². The minimum Gasteiger partial charge on any atom is -0.0620 e. The highest BCUT2D eigenvalue weighted by Gasteiger charge is 2.61. The van der Waals surface area contributed by atoms with E-state index in [1.165, 1.54) is 0 Å². The van der Waals surface area contributed by atoms with Crippen LogP contribution in [0.2, 0.25) is 0 Å². The Balaban J connectivity index is 2.03. The summed E-state index contributed by atoms with van der Waals surface area (Å²) in [6, 6.07) is 0. The van der Waals surface area contributed by atoms with E-state index in [0.717, 1.165) is 76.9 Å². The summed E-state index contributed by atoms with van der Waals surface area (Å²) in [5.74, 6) is 12.2. The molecular weight excluding hydrogens is 264 g/mol. The van der Waals surface area contributed by atoms with Crippen molar-refractivity contribution in [2.75, 3.05) is 0 Å². The Kier molecular flexibility index (Phi) is 4.23. The predicted molar refractivity (Wildman–Crippen MR) is 96.4 cm³/mol. The standard InChI is InChI=1S/C22H40/c1-10-12(3)16(7)21-19(14(10)5)18(9)20-15(6)11(2)13(4)17(8)22(20)21/h10-22H,1-9H3. The number of rotatable bonds is 0. The molecule has 3 rings (SSSR count). The first-order valence-electron chi connectivity index (χ1n) is 10.2. The van der Waals surface area contributed by atoms with Crippen LogP contribution in [0.15, 0.2) is 0 Å². The van der Waals surface area contributed by atoms with Crippen molar-refractivity contribution in [2.24, 2.45) is 76.9 Å². The summed E-state index contributed by atoms with van der Waals surface area (Å²) in [4.78, 5) is 0. The second kappa shape index (κ2) is 5.52. The van der Waals surface area contributed by atoms with Crippen LogP contribution in [0.4, 0.5) is 0 Å². The minimum absolute atomic E-state index is 0.902. The monoisotopic (exact) mass is 304 g/mol. The predicted octanol–water partition coefficient (Wildman–Crippen LogP) is 6.22. The van der Waals surface area contributed by atoms with E-state index >= 15 is 0 Å². The van der Waals surface area contributed by atoms with Crippen molar-refractivity contribution in [3.8, 4) is 0 Å². The normalized spacial score (nSPS) is 65.0. The molecule has 0 aromatic rings. The van der Waals surface area contributed by atoms with E-state index in [9.17, 15) is 0 Å². The molecule has 0 aromatic carbocycles. The van der Waals surface area contributed by atoms with Crippen molar-refractivity contribution in [1.29, 1.82) is 0 Å². The number of hydrogen-bond donors (Lipinski definition) is 0. The lowest BCUT2D eigenvalue weighted by Crippen LogP contribution is -2.46. The molecule has 0 aliphatic heterocycles. The summed E-state index contributed by atoms with van der Waals surface area (Å²) in [7, 11) is 0. The maximum Gasteiger partial charge on any atom is -0.0318 e. The first-order valence-corrected chi connectivity index (χ1v) is 10.2. The third-order valence-electron chi connectivity index (χ3n) is 9.95. The highest BCUT2D eigenvalue weighted by atomic mass is 14.7. The van der Waals surface area contributed by atoms with Gasteiger partial charge in [-0.15, -0.1) is 0 Å². The molecule has 12 atom stereocenters. The Morgan fingerprint density at radius 3 is 0.727 bits per heavy atom. The molecule has 0 N–H and O–H groups in total. The third-order valence-corrected chi connectivity index (χ3v) is 9.95. The van der Waals surface area contributed by atoms with Crippen LogP contribution in [0.3, 0.4) is 0 Å². The SMILES string of the molecule is CC1C(C)C(C)C2C(C1C)C(C)C1C(C)C(C)C(C)C(C)C12. The summed E-state index contributed by atoms with van der Waals surface area (Å²) in [5.41, 5.74) is 0. The molecule has 3 fully saturated rings. The van der Waals surface area contributed by atoms with Crippen LogP contribution < -0.4 is 0 Å². The number of fused-ring (bicyclic) bond motifs is 3. The van der Waals surface area contributed by atoms with Crippen LogP contribution in [0, 0.1) is 76.9 Å². The lowest BCUT2D eigenvalue weighted by molar-refractivity contribution is -0.0377. The fourth-order valence-electron chi connectivity index (χ4n) is 7.85. The fraction of sp³-hybridized carbons (Fsp3) is 1.00. The Hall–Kier alpha value is 0. The molecule has 3 aliphatic carbocycles. The van der Waals surface area contributed by atoms with E-state index in [2.05, 4.69) is 62.3 Å². The Bertz CT molecular complexity index is 374. The van der Waals surface area contributed by atoms with Crippen LogP contribution in [-0.4, -0.2) is 0 Å². The first kappa shape index (κ1) is 16.8. The molecule has 0 spiro atoms. The lowest BCUT2D eigenvalue weighted by atomic mass is 9.53. The molecule has 12 unspecified atom stereocenters. The average Bonchev–Trinajstić information content (AvgIpc) is 2.80. The summed E-state index contributed by atoms with van der Waals surface area (Å²) in [5, 5.41) is 0. The first-order chi connectivity index (χ1) is 10.2. The molecule has 0 nitrogen and oxygen atoms in total. The second-order valence-electron chi connectivity index (χ2n) is 10.0. The molecular formula is C22H40. The minimum atomic E-state index is 0.902. The molecule has 0 aromatic heterocycles. The van der Waals surface area contributed by atoms with Gasteiger partial charge in [-0.25, -0.2) is 0 Å². The van der Waals surface area contributed by atoms with E-state index in [1.807, 2.05) is 0 Å². The largest absolute Gasteiger partial charge is 0.0620 e. The van der Waals surface area contributed by atoms with Crippen molar-refractivity contribution < 1.29 is 0 Å². The Labute approximate surface area is 139 Å². The molecule has 128 valence electrons. The van der Waals surface area contributed by atoms with Crippen LogP contribution in [0.1, 0.15) is 62.3 Å².